The Hall–Kier alpha value is -2.30. The molecule has 112 valence electrons. The maximum Gasteiger partial charge on any atom is 0.257 e. The van der Waals surface area contributed by atoms with Crippen molar-refractivity contribution in [1.29, 1.82) is 0 Å². The van der Waals surface area contributed by atoms with Gasteiger partial charge in [0.2, 0.25) is 0 Å². The molecule has 21 heavy (non-hydrogen) atoms. The molecule has 0 bridgehead atoms. The van der Waals surface area contributed by atoms with Crippen LogP contribution in [0.3, 0.4) is 0 Å². The predicted octanol–water partition coefficient (Wildman–Crippen LogP) is 2.36. The molecule has 1 aromatic carbocycles. The Morgan fingerprint density at radius 3 is 2.52 bits per heavy atom. The highest BCUT2D eigenvalue weighted by atomic mass is 16.2. The summed E-state index contributed by atoms with van der Waals surface area (Å²) in [7, 11) is 1.83. The van der Waals surface area contributed by atoms with E-state index in [-0.39, 0.29) is 5.91 Å². The third-order valence-electron chi connectivity index (χ3n) is 3.38. The topological polar surface area (TPSA) is 64.2 Å². The Morgan fingerprint density at radius 2 is 2.00 bits per heavy atom. The molecule has 5 nitrogen and oxygen atoms in total. The zero-order valence-corrected chi connectivity index (χ0v) is 12.8. The fourth-order valence-electron chi connectivity index (χ4n) is 2.35. The first-order valence-electron chi connectivity index (χ1n) is 7.15. The lowest BCUT2D eigenvalue weighted by Crippen LogP contribution is -2.31. The number of benzene rings is 1. The van der Waals surface area contributed by atoms with E-state index in [2.05, 4.69) is 12.0 Å². The van der Waals surface area contributed by atoms with Crippen molar-refractivity contribution in [2.24, 2.45) is 7.05 Å². The number of anilines is 1. The van der Waals surface area contributed by atoms with Gasteiger partial charge in [0.1, 0.15) is 0 Å². The van der Waals surface area contributed by atoms with Crippen molar-refractivity contribution in [3.63, 3.8) is 0 Å². The van der Waals surface area contributed by atoms with Gasteiger partial charge in [0, 0.05) is 32.0 Å². The molecular formula is C16H22N4O. The van der Waals surface area contributed by atoms with Crippen LogP contribution in [0.2, 0.25) is 0 Å². The Bertz CT molecular complexity index is 616. The summed E-state index contributed by atoms with van der Waals surface area (Å²) in [6, 6.07) is 7.64. The molecule has 0 aliphatic heterocycles. The van der Waals surface area contributed by atoms with Crippen molar-refractivity contribution in [2.75, 3.05) is 12.3 Å². The fourth-order valence-corrected chi connectivity index (χ4v) is 2.35. The molecule has 1 amide bonds. The number of nitrogens with zero attached hydrogens (tertiary/aromatic N) is 3. The van der Waals surface area contributed by atoms with Crippen molar-refractivity contribution in [3.8, 4) is 0 Å². The van der Waals surface area contributed by atoms with Gasteiger partial charge in [0.05, 0.1) is 11.3 Å². The van der Waals surface area contributed by atoms with Crippen LogP contribution >= 0.6 is 0 Å². The molecular weight excluding hydrogens is 264 g/mol. The van der Waals surface area contributed by atoms with Crippen molar-refractivity contribution in [2.45, 2.75) is 26.8 Å². The lowest BCUT2D eigenvalue weighted by Gasteiger charge is -2.22. The molecule has 2 N–H and O–H groups in total. The average molecular weight is 286 g/mol. The summed E-state index contributed by atoms with van der Waals surface area (Å²) in [5, 5.41) is 4.25. The summed E-state index contributed by atoms with van der Waals surface area (Å²) in [5.74, 6) is 0.0271. The van der Waals surface area contributed by atoms with Crippen LogP contribution in [0.25, 0.3) is 0 Å². The predicted molar refractivity (Wildman–Crippen MR) is 83.8 cm³/mol. The molecule has 1 aromatic heterocycles. The van der Waals surface area contributed by atoms with E-state index >= 15 is 0 Å². The highest BCUT2D eigenvalue weighted by Crippen LogP contribution is 2.14. The standard InChI is InChI=1S/C16H22N4O/c1-4-9-20(10-13-5-7-14(17)8-6-13)16(21)15-11-19(3)18-12(15)2/h5-8,11H,4,9-10,17H2,1-3H3. The molecule has 0 saturated carbocycles. The van der Waals surface area contributed by atoms with E-state index in [1.807, 2.05) is 43.1 Å². The molecule has 0 saturated heterocycles. The molecule has 0 spiro atoms. The van der Waals surface area contributed by atoms with E-state index in [1.54, 1.807) is 10.9 Å². The van der Waals surface area contributed by atoms with Crippen LogP contribution in [0.1, 0.15) is 35.0 Å². The second kappa shape index (κ2) is 6.43. The Morgan fingerprint density at radius 1 is 1.33 bits per heavy atom. The Labute approximate surface area is 125 Å². The minimum Gasteiger partial charge on any atom is -0.399 e. The van der Waals surface area contributed by atoms with Gasteiger partial charge in [-0.15, -0.1) is 0 Å². The van der Waals surface area contributed by atoms with E-state index in [1.165, 1.54) is 0 Å². The van der Waals surface area contributed by atoms with Crippen molar-refractivity contribution < 1.29 is 4.79 Å². The van der Waals surface area contributed by atoms with E-state index in [0.29, 0.717) is 12.1 Å². The molecule has 1 heterocycles. The van der Waals surface area contributed by atoms with Crippen LogP contribution in [0, 0.1) is 6.92 Å². The highest BCUT2D eigenvalue weighted by molar-refractivity contribution is 5.95. The third-order valence-corrected chi connectivity index (χ3v) is 3.38. The number of hydrogen-bond acceptors (Lipinski definition) is 3. The summed E-state index contributed by atoms with van der Waals surface area (Å²) in [5.41, 5.74) is 8.94. The van der Waals surface area contributed by atoms with Crippen LogP contribution < -0.4 is 5.73 Å². The highest BCUT2D eigenvalue weighted by Gasteiger charge is 2.19. The van der Waals surface area contributed by atoms with Gasteiger partial charge in [0.25, 0.3) is 5.91 Å². The summed E-state index contributed by atoms with van der Waals surface area (Å²) < 4.78 is 1.68. The Kier molecular flexibility index (Phi) is 4.62. The van der Waals surface area contributed by atoms with Gasteiger partial charge >= 0.3 is 0 Å². The normalized spacial score (nSPS) is 10.6. The van der Waals surface area contributed by atoms with Gasteiger partial charge in [0.15, 0.2) is 0 Å². The van der Waals surface area contributed by atoms with Gasteiger partial charge in [-0.2, -0.15) is 5.10 Å². The van der Waals surface area contributed by atoms with Gasteiger partial charge in [-0.3, -0.25) is 9.48 Å². The first kappa shape index (κ1) is 15.1. The van der Waals surface area contributed by atoms with Gasteiger partial charge in [-0.1, -0.05) is 19.1 Å². The lowest BCUT2D eigenvalue weighted by atomic mass is 10.1. The van der Waals surface area contributed by atoms with Crippen molar-refractivity contribution >= 4 is 11.6 Å². The second-order valence-electron chi connectivity index (χ2n) is 5.27. The number of aromatic nitrogens is 2. The first-order valence-corrected chi connectivity index (χ1v) is 7.15. The summed E-state index contributed by atoms with van der Waals surface area (Å²) >= 11 is 0. The maximum atomic E-state index is 12.7. The van der Waals surface area contributed by atoms with Crippen LogP contribution in [-0.4, -0.2) is 27.1 Å². The minimum absolute atomic E-state index is 0.0271. The number of nitrogen functional groups attached to an aromatic ring is 1. The SMILES string of the molecule is CCCN(Cc1ccc(N)cc1)C(=O)c1cn(C)nc1C. The molecule has 2 aromatic rings. The molecule has 0 aliphatic rings. The molecule has 0 fully saturated rings. The van der Waals surface area contributed by atoms with Crippen molar-refractivity contribution in [1.82, 2.24) is 14.7 Å². The fraction of sp³-hybridized carbons (Fsp3) is 0.375. The minimum atomic E-state index is 0.0271. The number of nitrogens with two attached hydrogens (primary N) is 1. The monoisotopic (exact) mass is 286 g/mol. The second-order valence-corrected chi connectivity index (χ2v) is 5.27. The van der Waals surface area contributed by atoms with E-state index in [9.17, 15) is 4.79 Å². The number of hydrogen-bond donors (Lipinski definition) is 1. The molecule has 0 radical (unpaired) electrons. The molecule has 0 aliphatic carbocycles. The molecule has 2 rings (SSSR count). The lowest BCUT2D eigenvalue weighted by molar-refractivity contribution is 0.0742. The quantitative estimate of drug-likeness (QED) is 0.858. The molecule has 5 heteroatoms. The maximum absolute atomic E-state index is 12.7. The van der Waals surface area contributed by atoms with Gasteiger partial charge in [-0.25, -0.2) is 0 Å². The smallest absolute Gasteiger partial charge is 0.257 e. The van der Waals surface area contributed by atoms with Crippen LogP contribution in [-0.2, 0) is 13.6 Å². The first-order chi connectivity index (χ1) is 10.0. The summed E-state index contributed by atoms with van der Waals surface area (Å²) in [6.45, 7) is 5.23. The largest absolute Gasteiger partial charge is 0.399 e. The molecule has 0 unspecified atom stereocenters. The number of rotatable bonds is 5. The average Bonchev–Trinajstić information content (AvgIpc) is 2.79. The van der Waals surface area contributed by atoms with Crippen LogP contribution in [0.4, 0.5) is 5.69 Å². The van der Waals surface area contributed by atoms with Crippen LogP contribution in [0.15, 0.2) is 30.5 Å². The molecule has 0 atom stereocenters. The van der Waals surface area contributed by atoms with Crippen molar-refractivity contribution in [3.05, 3.63) is 47.3 Å². The zero-order valence-electron chi connectivity index (χ0n) is 12.8. The third kappa shape index (κ3) is 3.62. The van der Waals surface area contributed by atoms with Gasteiger partial charge in [-0.05, 0) is 31.0 Å². The number of carbonyl (C=O) groups excluding carboxylic acids is 1. The van der Waals surface area contributed by atoms with E-state index in [0.717, 1.165) is 29.9 Å². The zero-order chi connectivity index (χ0) is 15.4. The van der Waals surface area contributed by atoms with E-state index < -0.39 is 0 Å². The van der Waals surface area contributed by atoms with E-state index in [4.69, 9.17) is 5.73 Å². The number of carbonyl (C=O) groups is 1. The number of amides is 1. The summed E-state index contributed by atoms with van der Waals surface area (Å²) in [4.78, 5) is 14.5. The van der Waals surface area contributed by atoms with Gasteiger partial charge < -0.3 is 10.6 Å². The Balaban J connectivity index is 2.20. The summed E-state index contributed by atoms with van der Waals surface area (Å²) in [6.07, 6.45) is 2.70. The number of aryl methyl sites for hydroxylation is 2. The van der Waals surface area contributed by atoms with Crippen LogP contribution in [0.5, 0.6) is 0 Å².